The van der Waals surface area contributed by atoms with Crippen molar-refractivity contribution in [2.45, 2.75) is 41.8 Å². The SMILES string of the molecule is Cc1cc(Sc2ncccn2)ccc1NC(=O)c1cccc(S(=O)(=O)NC(C)C)c1. The van der Waals surface area contributed by atoms with E-state index in [-0.39, 0.29) is 22.4 Å². The molecule has 0 radical (unpaired) electrons. The van der Waals surface area contributed by atoms with Gasteiger partial charge >= 0.3 is 0 Å². The zero-order valence-corrected chi connectivity index (χ0v) is 18.4. The Morgan fingerprint density at radius 1 is 1.03 bits per heavy atom. The van der Waals surface area contributed by atoms with Gasteiger partial charge in [-0.15, -0.1) is 0 Å². The zero-order chi connectivity index (χ0) is 21.7. The highest BCUT2D eigenvalue weighted by molar-refractivity contribution is 7.99. The molecule has 30 heavy (non-hydrogen) atoms. The molecule has 9 heteroatoms. The van der Waals surface area contributed by atoms with Crippen molar-refractivity contribution in [2.75, 3.05) is 5.32 Å². The van der Waals surface area contributed by atoms with Crippen LogP contribution in [-0.4, -0.2) is 30.3 Å². The lowest BCUT2D eigenvalue weighted by atomic mass is 10.1. The average molecular weight is 443 g/mol. The van der Waals surface area contributed by atoms with Crippen molar-refractivity contribution >= 4 is 33.4 Å². The maximum atomic E-state index is 12.7. The van der Waals surface area contributed by atoms with Crippen LogP contribution >= 0.6 is 11.8 Å². The van der Waals surface area contributed by atoms with Crippen molar-refractivity contribution in [2.24, 2.45) is 0 Å². The molecule has 0 saturated carbocycles. The third-order valence-corrected chi connectivity index (χ3v) is 6.53. The molecule has 0 aliphatic carbocycles. The molecule has 0 aliphatic heterocycles. The summed E-state index contributed by atoms with van der Waals surface area (Å²) in [5.74, 6) is -0.383. The third-order valence-electron chi connectivity index (χ3n) is 3.99. The fourth-order valence-electron chi connectivity index (χ4n) is 2.66. The topological polar surface area (TPSA) is 101 Å². The van der Waals surface area contributed by atoms with E-state index in [1.165, 1.54) is 23.9 Å². The van der Waals surface area contributed by atoms with Gasteiger partial charge in [0.1, 0.15) is 0 Å². The lowest BCUT2D eigenvalue weighted by Gasteiger charge is -2.12. The number of benzene rings is 2. The molecular weight excluding hydrogens is 420 g/mol. The van der Waals surface area contributed by atoms with Gasteiger partial charge in [0.15, 0.2) is 5.16 Å². The normalized spacial score (nSPS) is 11.5. The van der Waals surface area contributed by atoms with Crippen LogP contribution in [0.15, 0.2) is 75.9 Å². The van der Waals surface area contributed by atoms with Crippen LogP contribution in [0.3, 0.4) is 0 Å². The molecule has 0 saturated heterocycles. The van der Waals surface area contributed by atoms with Crippen molar-refractivity contribution in [1.82, 2.24) is 14.7 Å². The lowest BCUT2D eigenvalue weighted by Crippen LogP contribution is -2.30. The quantitative estimate of drug-likeness (QED) is 0.539. The van der Waals surface area contributed by atoms with Crippen molar-refractivity contribution in [3.8, 4) is 0 Å². The highest BCUT2D eigenvalue weighted by Crippen LogP contribution is 2.28. The first kappa shape index (κ1) is 21.9. The van der Waals surface area contributed by atoms with E-state index in [0.717, 1.165) is 10.5 Å². The van der Waals surface area contributed by atoms with E-state index in [1.807, 2.05) is 19.1 Å². The predicted molar refractivity (Wildman–Crippen MR) is 117 cm³/mol. The van der Waals surface area contributed by atoms with Gasteiger partial charge in [-0.1, -0.05) is 6.07 Å². The average Bonchev–Trinajstić information content (AvgIpc) is 2.70. The van der Waals surface area contributed by atoms with Crippen molar-refractivity contribution in [3.63, 3.8) is 0 Å². The molecule has 1 aromatic heterocycles. The van der Waals surface area contributed by atoms with Gasteiger partial charge in [0.05, 0.1) is 4.90 Å². The minimum atomic E-state index is -3.68. The first-order valence-electron chi connectivity index (χ1n) is 9.24. The largest absolute Gasteiger partial charge is 0.322 e. The molecule has 0 aliphatic rings. The number of carbonyl (C=O) groups is 1. The fraction of sp³-hybridized carbons (Fsp3) is 0.190. The minimum Gasteiger partial charge on any atom is -0.322 e. The van der Waals surface area contributed by atoms with E-state index in [0.29, 0.717) is 10.8 Å². The molecule has 7 nitrogen and oxygen atoms in total. The summed E-state index contributed by atoms with van der Waals surface area (Å²) in [6, 6.07) is 13.1. The van der Waals surface area contributed by atoms with Crippen LogP contribution in [0.2, 0.25) is 0 Å². The minimum absolute atomic E-state index is 0.0511. The number of nitrogens with zero attached hydrogens (tertiary/aromatic N) is 2. The van der Waals surface area contributed by atoms with Gasteiger partial charge in [0.25, 0.3) is 5.91 Å². The summed E-state index contributed by atoms with van der Waals surface area (Å²) in [6.07, 6.45) is 3.36. The van der Waals surface area contributed by atoms with E-state index < -0.39 is 10.0 Å². The number of carbonyl (C=O) groups excluding carboxylic acids is 1. The van der Waals surface area contributed by atoms with E-state index in [9.17, 15) is 13.2 Å². The Balaban J connectivity index is 1.75. The first-order chi connectivity index (χ1) is 14.2. The van der Waals surface area contributed by atoms with E-state index in [1.54, 1.807) is 50.5 Å². The summed E-state index contributed by atoms with van der Waals surface area (Å²) >= 11 is 1.43. The van der Waals surface area contributed by atoms with Gasteiger partial charge in [0, 0.05) is 34.6 Å². The molecule has 0 spiro atoms. The molecule has 3 aromatic rings. The number of anilines is 1. The van der Waals surface area contributed by atoms with Gasteiger partial charge < -0.3 is 5.32 Å². The second kappa shape index (κ2) is 9.38. The Hall–Kier alpha value is -2.75. The summed E-state index contributed by atoms with van der Waals surface area (Å²) in [4.78, 5) is 22.1. The van der Waals surface area contributed by atoms with Crippen LogP contribution in [0.25, 0.3) is 0 Å². The second-order valence-corrected chi connectivity index (χ2v) is 9.62. The predicted octanol–water partition coefficient (Wildman–Crippen LogP) is 3.88. The Kier molecular flexibility index (Phi) is 6.86. The van der Waals surface area contributed by atoms with Crippen LogP contribution in [0.5, 0.6) is 0 Å². The van der Waals surface area contributed by atoms with Gasteiger partial charge in [0.2, 0.25) is 10.0 Å². The molecule has 3 rings (SSSR count). The molecule has 0 atom stereocenters. The number of aryl methyl sites for hydroxylation is 1. The maximum Gasteiger partial charge on any atom is 0.255 e. The fourth-order valence-corrected chi connectivity index (χ4v) is 4.77. The highest BCUT2D eigenvalue weighted by Gasteiger charge is 2.17. The number of aromatic nitrogens is 2. The number of amides is 1. The molecule has 2 aromatic carbocycles. The smallest absolute Gasteiger partial charge is 0.255 e. The van der Waals surface area contributed by atoms with Gasteiger partial charge in [-0.2, -0.15) is 0 Å². The lowest BCUT2D eigenvalue weighted by molar-refractivity contribution is 0.102. The number of hydrogen-bond acceptors (Lipinski definition) is 6. The number of hydrogen-bond donors (Lipinski definition) is 2. The standard InChI is InChI=1S/C21H22N4O3S2/c1-14(2)25-30(27,28)18-7-4-6-16(13-18)20(26)24-19-9-8-17(12-15(19)3)29-21-22-10-5-11-23-21/h4-14,25H,1-3H3,(H,24,26). The van der Waals surface area contributed by atoms with Crippen molar-refractivity contribution < 1.29 is 13.2 Å². The summed E-state index contributed by atoms with van der Waals surface area (Å²) in [5.41, 5.74) is 1.78. The van der Waals surface area contributed by atoms with Crippen LogP contribution in [-0.2, 0) is 10.0 Å². The molecule has 1 amide bonds. The molecule has 1 heterocycles. The van der Waals surface area contributed by atoms with Crippen LogP contribution in [0.4, 0.5) is 5.69 Å². The van der Waals surface area contributed by atoms with Gasteiger partial charge in [-0.3, -0.25) is 4.79 Å². The van der Waals surface area contributed by atoms with Crippen molar-refractivity contribution in [1.29, 1.82) is 0 Å². The molecule has 0 bridgehead atoms. The summed E-state index contributed by atoms with van der Waals surface area (Å²) in [7, 11) is -3.68. The Morgan fingerprint density at radius 2 is 1.77 bits per heavy atom. The number of nitrogens with one attached hydrogen (secondary N) is 2. The van der Waals surface area contributed by atoms with Gasteiger partial charge in [-0.25, -0.2) is 23.1 Å². The zero-order valence-electron chi connectivity index (χ0n) is 16.8. The third kappa shape index (κ3) is 5.65. The maximum absolute atomic E-state index is 12.7. The monoisotopic (exact) mass is 442 g/mol. The van der Waals surface area contributed by atoms with Crippen molar-refractivity contribution in [3.05, 3.63) is 72.1 Å². The van der Waals surface area contributed by atoms with E-state index in [4.69, 9.17) is 0 Å². The van der Waals surface area contributed by atoms with Crippen LogP contribution in [0.1, 0.15) is 29.8 Å². The highest BCUT2D eigenvalue weighted by atomic mass is 32.2. The molecule has 2 N–H and O–H groups in total. The van der Waals surface area contributed by atoms with Gasteiger partial charge in [-0.05, 0) is 80.6 Å². The Bertz CT molecular complexity index is 1150. The number of sulfonamides is 1. The first-order valence-corrected chi connectivity index (χ1v) is 11.5. The summed E-state index contributed by atoms with van der Waals surface area (Å²) < 4.78 is 27.2. The summed E-state index contributed by atoms with van der Waals surface area (Å²) in [6.45, 7) is 5.37. The van der Waals surface area contributed by atoms with E-state index in [2.05, 4.69) is 20.0 Å². The molecule has 0 fully saturated rings. The Morgan fingerprint density at radius 3 is 2.43 bits per heavy atom. The molecular formula is C21H22N4O3S2. The van der Waals surface area contributed by atoms with E-state index >= 15 is 0 Å². The van der Waals surface area contributed by atoms with Crippen LogP contribution in [0, 0.1) is 6.92 Å². The molecule has 0 unspecified atom stereocenters. The van der Waals surface area contributed by atoms with Crippen LogP contribution < -0.4 is 10.0 Å². The number of rotatable bonds is 7. The Labute approximate surface area is 180 Å². The second-order valence-electron chi connectivity index (χ2n) is 6.87. The summed E-state index contributed by atoms with van der Waals surface area (Å²) in [5, 5.41) is 3.48. The molecule has 156 valence electrons.